The molecule has 2 heterocycles. The van der Waals surface area contributed by atoms with Gasteiger partial charge in [0.1, 0.15) is 25.2 Å². The van der Waals surface area contributed by atoms with Crippen molar-refractivity contribution in [2.45, 2.75) is 32.4 Å². The number of nitrogens with zero attached hydrogens (tertiary/aromatic N) is 1. The van der Waals surface area contributed by atoms with Crippen LogP contribution in [-0.2, 0) is 20.7 Å². The molecule has 0 bridgehead atoms. The lowest BCUT2D eigenvalue weighted by Gasteiger charge is -2.40. The van der Waals surface area contributed by atoms with E-state index in [2.05, 4.69) is 13.0 Å². The molecule has 0 fully saturated rings. The standard InChI is InChI=1S/C17H21NO4/c1-11-8-13-9-14(20-3)4-5-15(13)12(2)18(11)17(19)16-10-21-6-7-22-16/h4-5,9-12H,6-8H2,1-3H3/t11-,12-/m0/s1. The first-order valence-corrected chi connectivity index (χ1v) is 7.56. The molecular weight excluding hydrogens is 282 g/mol. The molecule has 1 amide bonds. The highest BCUT2D eigenvalue weighted by Crippen LogP contribution is 2.35. The summed E-state index contributed by atoms with van der Waals surface area (Å²) in [6, 6.07) is 6.12. The highest BCUT2D eigenvalue weighted by Gasteiger charge is 2.35. The maximum atomic E-state index is 12.7. The second kappa shape index (κ2) is 5.91. The van der Waals surface area contributed by atoms with E-state index in [-0.39, 0.29) is 18.0 Å². The number of rotatable bonds is 2. The van der Waals surface area contributed by atoms with Crippen molar-refractivity contribution in [3.05, 3.63) is 41.3 Å². The van der Waals surface area contributed by atoms with Crippen molar-refractivity contribution in [3.8, 4) is 5.75 Å². The van der Waals surface area contributed by atoms with E-state index in [4.69, 9.17) is 14.2 Å². The van der Waals surface area contributed by atoms with Crippen molar-refractivity contribution < 1.29 is 19.0 Å². The summed E-state index contributed by atoms with van der Waals surface area (Å²) in [7, 11) is 1.67. The summed E-state index contributed by atoms with van der Waals surface area (Å²) in [6.45, 7) is 5.01. The minimum absolute atomic E-state index is 0.0106. The van der Waals surface area contributed by atoms with Gasteiger partial charge in [-0.2, -0.15) is 0 Å². The fourth-order valence-electron chi connectivity index (χ4n) is 3.23. The summed E-state index contributed by atoms with van der Waals surface area (Å²) in [5, 5.41) is 0. The Bertz CT molecular complexity index is 611. The molecule has 0 radical (unpaired) electrons. The van der Waals surface area contributed by atoms with Crippen molar-refractivity contribution in [1.29, 1.82) is 0 Å². The second-order valence-corrected chi connectivity index (χ2v) is 5.71. The van der Waals surface area contributed by atoms with E-state index in [0.29, 0.717) is 19.0 Å². The van der Waals surface area contributed by atoms with Gasteiger partial charge in [-0.3, -0.25) is 4.79 Å². The molecule has 2 aliphatic heterocycles. The van der Waals surface area contributed by atoms with Gasteiger partial charge in [0.2, 0.25) is 5.76 Å². The van der Waals surface area contributed by atoms with Gasteiger partial charge < -0.3 is 19.1 Å². The largest absolute Gasteiger partial charge is 0.497 e. The maximum absolute atomic E-state index is 12.7. The van der Waals surface area contributed by atoms with Gasteiger partial charge in [-0.25, -0.2) is 0 Å². The number of benzene rings is 1. The number of carbonyl (C=O) groups excluding carboxylic acids is 1. The van der Waals surface area contributed by atoms with Crippen LogP contribution < -0.4 is 4.74 Å². The molecule has 0 aromatic heterocycles. The van der Waals surface area contributed by atoms with E-state index in [0.717, 1.165) is 17.7 Å². The Morgan fingerprint density at radius 2 is 2.14 bits per heavy atom. The van der Waals surface area contributed by atoms with E-state index >= 15 is 0 Å². The topological polar surface area (TPSA) is 48.0 Å². The van der Waals surface area contributed by atoms with Crippen LogP contribution in [-0.4, -0.2) is 37.2 Å². The summed E-state index contributed by atoms with van der Waals surface area (Å²) < 4.78 is 15.9. The van der Waals surface area contributed by atoms with Crippen molar-refractivity contribution in [2.75, 3.05) is 20.3 Å². The predicted molar refractivity (Wildman–Crippen MR) is 81.4 cm³/mol. The molecular formula is C17H21NO4. The lowest BCUT2D eigenvalue weighted by molar-refractivity contribution is -0.137. The van der Waals surface area contributed by atoms with E-state index in [1.807, 2.05) is 24.0 Å². The van der Waals surface area contributed by atoms with Crippen LogP contribution in [0.3, 0.4) is 0 Å². The van der Waals surface area contributed by atoms with Crippen molar-refractivity contribution >= 4 is 5.91 Å². The van der Waals surface area contributed by atoms with Crippen LogP contribution in [0.1, 0.15) is 31.0 Å². The van der Waals surface area contributed by atoms with Crippen LogP contribution in [0.5, 0.6) is 5.75 Å². The molecule has 0 saturated heterocycles. The fraction of sp³-hybridized carbons (Fsp3) is 0.471. The first-order valence-electron chi connectivity index (χ1n) is 7.56. The summed E-state index contributed by atoms with van der Waals surface area (Å²) >= 11 is 0. The molecule has 2 aliphatic rings. The zero-order valence-corrected chi connectivity index (χ0v) is 13.2. The number of hydrogen-bond acceptors (Lipinski definition) is 4. The molecule has 1 aromatic carbocycles. The molecule has 1 aromatic rings. The van der Waals surface area contributed by atoms with Crippen LogP contribution in [0, 0.1) is 0 Å². The summed E-state index contributed by atoms with van der Waals surface area (Å²) in [4.78, 5) is 14.6. The lowest BCUT2D eigenvalue weighted by atomic mass is 9.89. The fourth-order valence-corrected chi connectivity index (χ4v) is 3.23. The third-order valence-electron chi connectivity index (χ3n) is 4.30. The lowest BCUT2D eigenvalue weighted by Crippen LogP contribution is -2.46. The number of amides is 1. The number of fused-ring (bicyclic) bond motifs is 1. The van der Waals surface area contributed by atoms with Gasteiger partial charge in [0.25, 0.3) is 5.91 Å². The van der Waals surface area contributed by atoms with Gasteiger partial charge in [0.15, 0.2) is 0 Å². The second-order valence-electron chi connectivity index (χ2n) is 5.71. The number of methoxy groups -OCH3 is 1. The third-order valence-corrected chi connectivity index (χ3v) is 4.30. The Hall–Kier alpha value is -2.17. The monoisotopic (exact) mass is 303 g/mol. The molecule has 5 heteroatoms. The van der Waals surface area contributed by atoms with Gasteiger partial charge in [-0.05, 0) is 43.5 Å². The van der Waals surface area contributed by atoms with E-state index in [1.165, 1.54) is 11.8 Å². The molecule has 0 aliphatic carbocycles. The Morgan fingerprint density at radius 1 is 1.32 bits per heavy atom. The maximum Gasteiger partial charge on any atom is 0.292 e. The number of carbonyl (C=O) groups is 1. The molecule has 0 saturated carbocycles. The van der Waals surface area contributed by atoms with Gasteiger partial charge in [0.05, 0.1) is 13.2 Å². The molecule has 22 heavy (non-hydrogen) atoms. The van der Waals surface area contributed by atoms with Gasteiger partial charge >= 0.3 is 0 Å². The quantitative estimate of drug-likeness (QED) is 0.842. The highest BCUT2D eigenvalue weighted by atomic mass is 16.6. The molecule has 0 unspecified atom stereocenters. The zero-order chi connectivity index (χ0) is 15.7. The Morgan fingerprint density at radius 3 is 2.82 bits per heavy atom. The smallest absolute Gasteiger partial charge is 0.292 e. The van der Waals surface area contributed by atoms with Crippen molar-refractivity contribution in [1.82, 2.24) is 4.90 Å². The van der Waals surface area contributed by atoms with Crippen LogP contribution >= 0.6 is 0 Å². The molecule has 0 spiro atoms. The first-order chi connectivity index (χ1) is 10.6. The Kier molecular flexibility index (Phi) is 3.96. The molecule has 5 nitrogen and oxygen atoms in total. The SMILES string of the molecule is COc1ccc2c(c1)C[C@H](C)N(C(=O)C1=COCCO1)[C@H]2C. The van der Waals surface area contributed by atoms with E-state index in [9.17, 15) is 4.79 Å². The van der Waals surface area contributed by atoms with Crippen LogP contribution in [0.4, 0.5) is 0 Å². The average Bonchev–Trinajstić information content (AvgIpc) is 2.55. The van der Waals surface area contributed by atoms with Gasteiger partial charge in [-0.15, -0.1) is 0 Å². The Labute approximate surface area is 130 Å². The van der Waals surface area contributed by atoms with Crippen molar-refractivity contribution in [2.24, 2.45) is 0 Å². The highest BCUT2D eigenvalue weighted by molar-refractivity contribution is 5.92. The summed E-state index contributed by atoms with van der Waals surface area (Å²) in [6.07, 6.45) is 2.23. The first kappa shape index (κ1) is 14.8. The van der Waals surface area contributed by atoms with Crippen molar-refractivity contribution in [3.63, 3.8) is 0 Å². The third kappa shape index (κ3) is 2.51. The molecule has 0 N–H and O–H groups in total. The summed E-state index contributed by atoms with van der Waals surface area (Å²) in [5.41, 5.74) is 2.39. The number of hydrogen-bond donors (Lipinski definition) is 0. The zero-order valence-electron chi connectivity index (χ0n) is 13.2. The summed E-state index contributed by atoms with van der Waals surface area (Å²) in [5.74, 6) is 1.03. The van der Waals surface area contributed by atoms with E-state index < -0.39 is 0 Å². The number of ether oxygens (including phenoxy) is 3. The normalized spacial score (nSPS) is 23.8. The van der Waals surface area contributed by atoms with Crippen LogP contribution in [0.25, 0.3) is 0 Å². The van der Waals surface area contributed by atoms with Gasteiger partial charge in [0, 0.05) is 6.04 Å². The molecule has 3 rings (SSSR count). The van der Waals surface area contributed by atoms with E-state index in [1.54, 1.807) is 7.11 Å². The average molecular weight is 303 g/mol. The minimum Gasteiger partial charge on any atom is -0.497 e. The molecule has 118 valence electrons. The van der Waals surface area contributed by atoms with Crippen LogP contribution in [0.2, 0.25) is 0 Å². The minimum atomic E-state index is -0.110. The van der Waals surface area contributed by atoms with Crippen LogP contribution in [0.15, 0.2) is 30.2 Å². The predicted octanol–water partition coefficient (Wildman–Crippen LogP) is 2.42. The molecule has 2 atom stereocenters. The van der Waals surface area contributed by atoms with Gasteiger partial charge in [-0.1, -0.05) is 6.07 Å². The Balaban J connectivity index is 1.90.